The summed E-state index contributed by atoms with van der Waals surface area (Å²) in [5.41, 5.74) is 11.6. The summed E-state index contributed by atoms with van der Waals surface area (Å²) in [5.74, 6) is 3.25. The van der Waals surface area contributed by atoms with Crippen LogP contribution in [-0.2, 0) is 25.7 Å². The highest BCUT2D eigenvalue weighted by Crippen LogP contribution is 2.43. The van der Waals surface area contributed by atoms with E-state index in [4.69, 9.17) is 15.0 Å². The molecule has 262 valence electrons. The van der Waals surface area contributed by atoms with Crippen molar-refractivity contribution >= 4 is 51.4 Å². The van der Waals surface area contributed by atoms with Crippen LogP contribution in [0.1, 0.15) is 101 Å². The predicted molar refractivity (Wildman–Crippen MR) is 215 cm³/mol. The molecule has 3 heterocycles. The summed E-state index contributed by atoms with van der Waals surface area (Å²) in [5, 5.41) is 0. The minimum atomic E-state index is 0.805. The maximum Gasteiger partial charge on any atom is 0.374 e. The minimum Gasteiger partial charge on any atom is -0.302 e. The molecule has 6 heteroatoms. The second kappa shape index (κ2) is 15.6. The van der Waals surface area contributed by atoms with E-state index in [0.29, 0.717) is 0 Å². The monoisotopic (exact) mass is 677 g/mol. The van der Waals surface area contributed by atoms with Gasteiger partial charge in [0.2, 0.25) is 11.7 Å². The van der Waals surface area contributed by atoms with Gasteiger partial charge in [-0.05, 0) is 127 Å². The van der Waals surface area contributed by atoms with E-state index in [-0.39, 0.29) is 0 Å². The standard InChI is InChI=1S/C45H53N6/c1-6-10-14-32-18-24-36(25-19-32)50-40-30-34(16-12-8-3)22-28-38(40)46-42-44(50)48-45-43(49(42)5)47-39-29-23-35(17-13-9-4)31-41(39)51(45)37-26-20-33(21-27-37)15-11-7-2/h18-31H,6-17H2,1-5H3/q+1. The zero-order chi connectivity index (χ0) is 35.3. The van der Waals surface area contributed by atoms with E-state index >= 15 is 0 Å². The fourth-order valence-corrected chi connectivity index (χ4v) is 7.27. The van der Waals surface area contributed by atoms with Crippen LogP contribution in [0.25, 0.3) is 16.7 Å². The molecule has 0 N–H and O–H groups in total. The molecule has 0 aliphatic carbocycles. The van der Waals surface area contributed by atoms with Gasteiger partial charge in [0.1, 0.15) is 11.2 Å². The molecule has 6 nitrogen and oxygen atoms in total. The van der Waals surface area contributed by atoms with E-state index in [1.165, 1.54) is 47.9 Å². The largest absolute Gasteiger partial charge is 0.374 e. The van der Waals surface area contributed by atoms with Crippen LogP contribution in [0, 0.1) is 0 Å². The number of hydrogen-bond donors (Lipinski definition) is 0. The van der Waals surface area contributed by atoms with Gasteiger partial charge in [0.05, 0.1) is 11.4 Å². The highest BCUT2D eigenvalue weighted by Gasteiger charge is 2.42. The van der Waals surface area contributed by atoms with Crippen LogP contribution in [0.15, 0.2) is 94.9 Å². The van der Waals surface area contributed by atoms with Crippen LogP contribution in [0.5, 0.6) is 0 Å². The molecule has 4 aromatic carbocycles. The van der Waals surface area contributed by atoms with Crippen LogP contribution in [0.4, 0.5) is 28.7 Å². The lowest BCUT2D eigenvalue weighted by Crippen LogP contribution is -2.48. The highest BCUT2D eigenvalue weighted by molar-refractivity contribution is 6.53. The summed E-state index contributed by atoms with van der Waals surface area (Å²) in [7, 11) is 2.09. The fraction of sp³-hybridized carbons (Fsp3) is 0.378. The zero-order valence-corrected chi connectivity index (χ0v) is 31.3. The molecule has 0 fully saturated rings. The van der Waals surface area contributed by atoms with Crippen molar-refractivity contribution < 1.29 is 4.57 Å². The minimum absolute atomic E-state index is 0.805. The molecule has 0 unspecified atom stereocenters. The third-order valence-electron chi connectivity index (χ3n) is 10.4. The number of anilines is 3. The van der Waals surface area contributed by atoms with Gasteiger partial charge in [0, 0.05) is 12.7 Å². The number of nitrogens with zero attached hydrogens (tertiary/aromatic N) is 6. The number of unbranched alkanes of at least 4 members (excludes halogenated alkanes) is 4. The topological polar surface area (TPSA) is 48.0 Å². The van der Waals surface area contributed by atoms with E-state index in [1.54, 1.807) is 0 Å². The Morgan fingerprint density at radius 2 is 1.12 bits per heavy atom. The highest BCUT2D eigenvalue weighted by atomic mass is 15.4. The fourth-order valence-electron chi connectivity index (χ4n) is 7.27. The average molecular weight is 678 g/mol. The van der Waals surface area contributed by atoms with Crippen molar-refractivity contribution in [2.75, 3.05) is 16.8 Å². The Labute approximate surface area is 304 Å². The van der Waals surface area contributed by atoms with Crippen molar-refractivity contribution in [2.45, 2.75) is 105 Å². The molecule has 2 aliphatic heterocycles. The van der Waals surface area contributed by atoms with E-state index < -0.39 is 0 Å². The Hall–Kier alpha value is -4.84. The number of aliphatic imine (C=N–C) groups is 2. The molecule has 0 radical (unpaired) electrons. The number of likely N-dealkylation sites (N-methyl/N-ethyl adjacent to an activating group) is 1. The molecule has 0 saturated heterocycles. The van der Waals surface area contributed by atoms with E-state index in [9.17, 15) is 0 Å². The first-order valence-electron chi connectivity index (χ1n) is 19.4. The number of benzene rings is 4. The lowest BCUT2D eigenvalue weighted by Gasteiger charge is -2.34. The zero-order valence-electron chi connectivity index (χ0n) is 31.3. The van der Waals surface area contributed by atoms with Gasteiger partial charge >= 0.3 is 5.82 Å². The lowest BCUT2D eigenvalue weighted by molar-refractivity contribution is -0.552. The molecule has 0 spiro atoms. The Balaban J connectivity index is 1.45. The first-order chi connectivity index (χ1) is 25.0. The number of rotatable bonds is 14. The maximum absolute atomic E-state index is 5.60. The van der Waals surface area contributed by atoms with E-state index in [1.807, 2.05) is 0 Å². The Bertz CT molecular complexity index is 2060. The molecule has 0 saturated carbocycles. The molecule has 0 atom stereocenters. The first kappa shape index (κ1) is 34.6. The van der Waals surface area contributed by atoms with Gasteiger partial charge in [0.15, 0.2) is 5.52 Å². The van der Waals surface area contributed by atoms with Crippen molar-refractivity contribution in [3.63, 3.8) is 0 Å². The molecule has 51 heavy (non-hydrogen) atoms. The Morgan fingerprint density at radius 1 is 0.569 bits per heavy atom. The van der Waals surface area contributed by atoms with Gasteiger partial charge in [-0.25, -0.2) is 9.98 Å². The first-order valence-corrected chi connectivity index (χ1v) is 19.4. The molecule has 0 amide bonds. The number of fused-ring (bicyclic) bond motifs is 4. The van der Waals surface area contributed by atoms with E-state index in [0.717, 1.165) is 108 Å². The third-order valence-corrected chi connectivity index (χ3v) is 10.4. The Morgan fingerprint density at radius 3 is 1.75 bits per heavy atom. The van der Waals surface area contributed by atoms with Crippen molar-refractivity contribution in [3.05, 3.63) is 107 Å². The predicted octanol–water partition coefficient (Wildman–Crippen LogP) is 11.2. The molecular weight excluding hydrogens is 625 g/mol. The van der Waals surface area contributed by atoms with Gasteiger partial charge in [-0.15, -0.1) is 0 Å². The van der Waals surface area contributed by atoms with Crippen LogP contribution in [0.2, 0.25) is 0 Å². The second-order valence-corrected chi connectivity index (χ2v) is 14.3. The lowest BCUT2D eigenvalue weighted by atomic mass is 10.0. The van der Waals surface area contributed by atoms with Gasteiger partial charge in [-0.3, -0.25) is 4.90 Å². The Kier molecular flexibility index (Phi) is 10.6. The quantitative estimate of drug-likeness (QED) is 0.110. The summed E-state index contributed by atoms with van der Waals surface area (Å²) >= 11 is 0. The van der Waals surface area contributed by atoms with Gasteiger partial charge in [-0.2, -0.15) is 4.57 Å². The summed E-state index contributed by atoms with van der Waals surface area (Å²) in [6, 6.07) is 31.7. The van der Waals surface area contributed by atoms with Crippen molar-refractivity contribution in [1.82, 2.24) is 4.98 Å². The van der Waals surface area contributed by atoms with Crippen molar-refractivity contribution in [1.29, 1.82) is 0 Å². The van der Waals surface area contributed by atoms with Gasteiger partial charge in [0.25, 0.3) is 5.84 Å². The number of amidine groups is 2. The molecule has 1 aromatic heterocycles. The SMILES string of the molecule is CCCCc1ccc(N2C3=Nc4c(nc5ccc(CCCC)cc5[n+]4-c4ccc(CCCC)cc4)N(C)C3=Nc3ccc(CCCC)cc32)cc1. The summed E-state index contributed by atoms with van der Waals surface area (Å²) in [6.07, 6.45) is 13.7. The summed E-state index contributed by atoms with van der Waals surface area (Å²) in [6.45, 7) is 9.01. The molecule has 2 aliphatic rings. The summed E-state index contributed by atoms with van der Waals surface area (Å²) in [4.78, 5) is 20.7. The van der Waals surface area contributed by atoms with Crippen LogP contribution >= 0.6 is 0 Å². The van der Waals surface area contributed by atoms with Crippen LogP contribution < -0.4 is 14.4 Å². The molecule has 5 aromatic rings. The van der Waals surface area contributed by atoms with Crippen LogP contribution in [0.3, 0.4) is 0 Å². The number of aryl methyl sites for hydroxylation is 4. The van der Waals surface area contributed by atoms with E-state index in [2.05, 4.69) is 134 Å². The van der Waals surface area contributed by atoms with Gasteiger partial charge in [-0.1, -0.05) is 89.8 Å². The normalized spacial score (nSPS) is 13.5. The third kappa shape index (κ3) is 7.06. The van der Waals surface area contributed by atoms with Crippen molar-refractivity contribution in [3.8, 4) is 5.69 Å². The second-order valence-electron chi connectivity index (χ2n) is 14.3. The molecule has 0 bridgehead atoms. The average Bonchev–Trinajstić information content (AvgIpc) is 3.17. The summed E-state index contributed by atoms with van der Waals surface area (Å²) < 4.78 is 2.33. The van der Waals surface area contributed by atoms with Crippen LogP contribution in [-0.4, -0.2) is 23.7 Å². The number of aromatic nitrogens is 2. The molecule has 7 rings (SSSR count). The number of hydrogen-bond acceptors (Lipinski definition) is 5. The smallest absolute Gasteiger partial charge is 0.302 e. The van der Waals surface area contributed by atoms with Gasteiger partial charge < -0.3 is 4.90 Å². The molecular formula is C45H53N6+. The maximum atomic E-state index is 5.60. The van der Waals surface area contributed by atoms with Crippen molar-refractivity contribution in [2.24, 2.45) is 9.98 Å².